The molecule has 1 aliphatic heterocycles. The van der Waals surface area contributed by atoms with Gasteiger partial charge in [-0.2, -0.15) is 13.2 Å². The van der Waals surface area contributed by atoms with E-state index in [-0.39, 0.29) is 22.9 Å². The molecule has 2 heterocycles. The van der Waals surface area contributed by atoms with Crippen molar-refractivity contribution in [1.82, 2.24) is 10.3 Å². The van der Waals surface area contributed by atoms with Crippen molar-refractivity contribution in [3.05, 3.63) is 58.7 Å². The van der Waals surface area contributed by atoms with E-state index in [0.717, 1.165) is 17.8 Å². The topological polar surface area (TPSA) is 45.2 Å². The molecular formula is C20H21ClF3N3O. The Bertz CT molecular complexity index is 821. The van der Waals surface area contributed by atoms with Gasteiger partial charge in [-0.1, -0.05) is 41.9 Å². The number of aromatic nitrogens is 1. The highest BCUT2D eigenvalue weighted by molar-refractivity contribution is 6.33. The number of nitrogens with one attached hydrogen (secondary N) is 1. The summed E-state index contributed by atoms with van der Waals surface area (Å²) in [6, 6.07) is 10.5. The van der Waals surface area contributed by atoms with E-state index < -0.39 is 11.7 Å². The molecule has 4 nitrogen and oxygen atoms in total. The smallest absolute Gasteiger partial charge is 0.355 e. The van der Waals surface area contributed by atoms with E-state index >= 15 is 0 Å². The molecule has 0 spiro atoms. The molecule has 28 heavy (non-hydrogen) atoms. The normalized spacial score (nSPS) is 16.7. The van der Waals surface area contributed by atoms with Crippen LogP contribution in [0.4, 0.5) is 19.0 Å². The number of benzene rings is 1. The van der Waals surface area contributed by atoms with Gasteiger partial charge in [0.05, 0.1) is 16.6 Å². The number of rotatable bonds is 4. The molecule has 8 heteroatoms. The number of hydrogen-bond acceptors (Lipinski definition) is 3. The number of hydrogen-bond donors (Lipinski definition) is 1. The highest BCUT2D eigenvalue weighted by atomic mass is 35.5. The maximum absolute atomic E-state index is 12.8. The summed E-state index contributed by atoms with van der Waals surface area (Å²) in [5.74, 6) is 0.171. The van der Waals surface area contributed by atoms with Crippen LogP contribution < -0.4 is 10.2 Å². The highest BCUT2D eigenvalue weighted by Crippen LogP contribution is 2.34. The van der Waals surface area contributed by atoms with E-state index in [1.807, 2.05) is 42.2 Å². The summed E-state index contributed by atoms with van der Waals surface area (Å²) < 4.78 is 38.3. The molecule has 1 aromatic heterocycles. The van der Waals surface area contributed by atoms with Gasteiger partial charge >= 0.3 is 6.18 Å². The first-order valence-corrected chi connectivity index (χ1v) is 9.46. The molecule has 0 bridgehead atoms. The lowest BCUT2D eigenvalue weighted by Crippen LogP contribution is -2.41. The summed E-state index contributed by atoms with van der Waals surface area (Å²) >= 11 is 6.02. The minimum Gasteiger partial charge on any atom is -0.355 e. The van der Waals surface area contributed by atoms with Gasteiger partial charge in [0.25, 0.3) is 0 Å². The van der Waals surface area contributed by atoms with Crippen LogP contribution in [0.15, 0.2) is 42.6 Å². The quantitative estimate of drug-likeness (QED) is 0.782. The van der Waals surface area contributed by atoms with E-state index in [0.29, 0.717) is 31.7 Å². The summed E-state index contributed by atoms with van der Waals surface area (Å²) in [6.07, 6.45) is -2.50. The van der Waals surface area contributed by atoms with Crippen molar-refractivity contribution in [3.63, 3.8) is 0 Å². The van der Waals surface area contributed by atoms with Crippen LogP contribution in [0.1, 0.15) is 36.9 Å². The Hall–Kier alpha value is -2.28. The first kappa shape index (κ1) is 20.5. The second kappa shape index (κ2) is 8.39. The minimum atomic E-state index is -4.48. The van der Waals surface area contributed by atoms with Crippen LogP contribution in [0.25, 0.3) is 0 Å². The zero-order valence-corrected chi connectivity index (χ0v) is 16.1. The second-order valence-corrected chi connectivity index (χ2v) is 7.34. The molecule has 150 valence electrons. The molecule has 1 fully saturated rings. The first-order valence-electron chi connectivity index (χ1n) is 9.08. The van der Waals surface area contributed by atoms with Crippen LogP contribution in [-0.2, 0) is 11.0 Å². The fraction of sp³-hybridized carbons (Fsp3) is 0.400. The fourth-order valence-corrected chi connectivity index (χ4v) is 3.61. The van der Waals surface area contributed by atoms with Crippen molar-refractivity contribution in [2.75, 3.05) is 18.0 Å². The second-order valence-electron chi connectivity index (χ2n) is 6.93. The van der Waals surface area contributed by atoms with Gasteiger partial charge in [-0.25, -0.2) is 4.98 Å². The van der Waals surface area contributed by atoms with Crippen LogP contribution in [0.3, 0.4) is 0 Å². The molecule has 0 radical (unpaired) electrons. The van der Waals surface area contributed by atoms with Crippen LogP contribution in [-0.4, -0.2) is 24.0 Å². The summed E-state index contributed by atoms with van der Waals surface area (Å²) in [4.78, 5) is 18.3. The summed E-state index contributed by atoms with van der Waals surface area (Å²) in [6.45, 7) is 2.96. The minimum absolute atomic E-state index is 0.0116. The lowest BCUT2D eigenvalue weighted by atomic mass is 9.95. The number of amides is 1. The van der Waals surface area contributed by atoms with Gasteiger partial charge in [0, 0.05) is 25.2 Å². The molecule has 0 unspecified atom stereocenters. The Kier molecular flexibility index (Phi) is 6.13. The highest BCUT2D eigenvalue weighted by Gasteiger charge is 2.33. The third kappa shape index (κ3) is 4.76. The summed E-state index contributed by atoms with van der Waals surface area (Å²) in [5.41, 5.74) is 0.166. The molecule has 1 aliphatic rings. The molecular weight excluding hydrogens is 391 g/mol. The summed E-state index contributed by atoms with van der Waals surface area (Å²) in [5, 5.41) is 3.00. The van der Waals surface area contributed by atoms with Crippen LogP contribution >= 0.6 is 11.6 Å². The van der Waals surface area contributed by atoms with Crippen molar-refractivity contribution in [2.24, 2.45) is 5.92 Å². The van der Waals surface area contributed by atoms with Crippen molar-refractivity contribution in [1.29, 1.82) is 0 Å². The first-order chi connectivity index (χ1) is 13.3. The van der Waals surface area contributed by atoms with Crippen molar-refractivity contribution in [3.8, 4) is 0 Å². The number of piperidine rings is 1. The Balaban J connectivity index is 1.58. The van der Waals surface area contributed by atoms with Gasteiger partial charge < -0.3 is 10.2 Å². The van der Waals surface area contributed by atoms with E-state index in [2.05, 4.69) is 10.3 Å². The van der Waals surface area contributed by atoms with E-state index in [4.69, 9.17) is 11.6 Å². The maximum atomic E-state index is 12.8. The number of anilines is 1. The van der Waals surface area contributed by atoms with Crippen molar-refractivity contribution < 1.29 is 18.0 Å². The Morgan fingerprint density at radius 3 is 2.46 bits per heavy atom. The van der Waals surface area contributed by atoms with Gasteiger partial charge in [-0.15, -0.1) is 0 Å². The molecule has 1 amide bonds. The van der Waals surface area contributed by atoms with E-state index in [9.17, 15) is 18.0 Å². The van der Waals surface area contributed by atoms with Crippen LogP contribution in [0.2, 0.25) is 5.02 Å². The Morgan fingerprint density at radius 1 is 1.25 bits per heavy atom. The zero-order chi connectivity index (χ0) is 20.3. The Morgan fingerprint density at radius 2 is 1.89 bits per heavy atom. The number of carbonyl (C=O) groups excluding carboxylic acids is 1. The number of pyridine rings is 1. The third-order valence-corrected chi connectivity index (χ3v) is 5.25. The molecule has 2 aromatic rings. The largest absolute Gasteiger partial charge is 0.417 e. The van der Waals surface area contributed by atoms with Gasteiger partial charge in [0.2, 0.25) is 5.91 Å². The predicted octanol–water partition coefficient (Wildman–Crippen LogP) is 4.85. The van der Waals surface area contributed by atoms with Gasteiger partial charge in [0.15, 0.2) is 0 Å². The number of nitrogens with zero attached hydrogens (tertiary/aromatic N) is 2. The standard InChI is InChI=1S/C20H21ClF3N3O/c1-13(14-5-3-2-4-6-14)26-19(28)15-7-9-27(10-8-15)18-17(21)11-16(12-25-18)20(22,23)24/h2-6,11-13,15H,7-10H2,1H3,(H,26,28)/t13-/m0/s1. The third-order valence-electron chi connectivity index (χ3n) is 4.97. The van der Waals surface area contributed by atoms with Gasteiger partial charge in [-0.05, 0) is 31.4 Å². The van der Waals surface area contributed by atoms with E-state index in [1.54, 1.807) is 0 Å². The number of halogens is 4. The molecule has 0 aliphatic carbocycles. The lowest BCUT2D eigenvalue weighted by molar-refractivity contribution is -0.137. The molecule has 3 rings (SSSR count). The van der Waals surface area contributed by atoms with Crippen molar-refractivity contribution >= 4 is 23.3 Å². The summed E-state index contributed by atoms with van der Waals surface area (Å²) in [7, 11) is 0. The average molecular weight is 412 g/mol. The monoisotopic (exact) mass is 411 g/mol. The molecule has 1 saturated heterocycles. The SMILES string of the molecule is C[C@H](NC(=O)C1CCN(c2ncc(C(F)(F)F)cc2Cl)CC1)c1ccccc1. The zero-order valence-electron chi connectivity index (χ0n) is 15.3. The molecule has 1 atom stereocenters. The van der Waals surface area contributed by atoms with Crippen molar-refractivity contribution in [2.45, 2.75) is 32.0 Å². The molecule has 1 aromatic carbocycles. The predicted molar refractivity (Wildman–Crippen MR) is 102 cm³/mol. The van der Waals surface area contributed by atoms with E-state index in [1.165, 1.54) is 0 Å². The average Bonchev–Trinajstić information content (AvgIpc) is 2.68. The maximum Gasteiger partial charge on any atom is 0.417 e. The molecule has 1 N–H and O–H groups in total. The van der Waals surface area contributed by atoms with Gasteiger partial charge in [0.1, 0.15) is 5.82 Å². The number of carbonyl (C=O) groups is 1. The fourth-order valence-electron chi connectivity index (χ4n) is 3.33. The lowest BCUT2D eigenvalue weighted by Gasteiger charge is -2.33. The molecule has 0 saturated carbocycles. The van der Waals surface area contributed by atoms with Crippen LogP contribution in [0.5, 0.6) is 0 Å². The van der Waals surface area contributed by atoms with Gasteiger partial charge in [-0.3, -0.25) is 4.79 Å². The number of alkyl halides is 3. The Labute approximate surface area is 166 Å². The van der Waals surface area contributed by atoms with Crippen LogP contribution in [0, 0.1) is 5.92 Å².